The first-order chi connectivity index (χ1) is 10.4. The molecule has 1 fully saturated rings. The second-order valence-electron chi connectivity index (χ2n) is 8.28. The van der Waals surface area contributed by atoms with E-state index in [1.807, 2.05) is 0 Å². The highest BCUT2D eigenvalue weighted by Gasteiger charge is 2.30. The number of ether oxygens (including phenoxy) is 1. The fourth-order valence-electron chi connectivity index (χ4n) is 3.77. The fraction of sp³-hybridized carbons (Fsp3) is 1.00. The van der Waals surface area contributed by atoms with E-state index in [2.05, 4.69) is 34.6 Å². The van der Waals surface area contributed by atoms with Gasteiger partial charge in [0.2, 0.25) is 0 Å². The lowest BCUT2D eigenvalue weighted by atomic mass is 9.72. The number of nitrogens with one attached hydrogen (secondary N) is 1. The molecule has 0 bridgehead atoms. The summed E-state index contributed by atoms with van der Waals surface area (Å²) >= 11 is 0. The summed E-state index contributed by atoms with van der Waals surface area (Å²) in [6.07, 6.45) is 7.28. The van der Waals surface area contributed by atoms with Gasteiger partial charge in [0, 0.05) is 0 Å². The van der Waals surface area contributed by atoms with Crippen molar-refractivity contribution in [3.8, 4) is 0 Å². The van der Waals surface area contributed by atoms with Crippen LogP contribution in [0, 0.1) is 11.3 Å². The molecule has 3 heteroatoms. The molecule has 132 valence electrons. The first-order valence-electron chi connectivity index (χ1n) is 9.50. The number of hydrogen-bond donors (Lipinski definition) is 2. The molecular weight excluding hydrogens is 274 g/mol. The third-order valence-corrected chi connectivity index (χ3v) is 5.15. The molecule has 22 heavy (non-hydrogen) atoms. The number of rotatable bonds is 9. The lowest BCUT2D eigenvalue weighted by molar-refractivity contribution is -0.903. The van der Waals surface area contributed by atoms with E-state index in [1.54, 1.807) is 0 Å². The van der Waals surface area contributed by atoms with Crippen LogP contribution in [0.4, 0.5) is 0 Å². The number of aliphatic hydroxyl groups excluding tert-OH is 1. The molecule has 2 N–H and O–H groups in total. The van der Waals surface area contributed by atoms with Crippen LogP contribution in [0.25, 0.3) is 0 Å². The van der Waals surface area contributed by atoms with Gasteiger partial charge < -0.3 is 14.7 Å². The molecule has 1 aliphatic rings. The molecule has 1 saturated carbocycles. The molecule has 0 aliphatic heterocycles. The van der Waals surface area contributed by atoms with Crippen LogP contribution in [0.5, 0.6) is 0 Å². The first-order valence-corrected chi connectivity index (χ1v) is 9.50. The van der Waals surface area contributed by atoms with E-state index in [9.17, 15) is 5.11 Å². The number of hydrogen-bond acceptors (Lipinski definition) is 2. The minimum absolute atomic E-state index is 0.312. The van der Waals surface area contributed by atoms with Crippen molar-refractivity contribution in [2.24, 2.45) is 11.3 Å². The van der Waals surface area contributed by atoms with Crippen LogP contribution < -0.4 is 4.90 Å². The fourth-order valence-corrected chi connectivity index (χ4v) is 3.77. The maximum Gasteiger partial charge on any atom is 0.126 e. The zero-order valence-corrected chi connectivity index (χ0v) is 15.7. The van der Waals surface area contributed by atoms with Crippen molar-refractivity contribution >= 4 is 0 Å². The maximum atomic E-state index is 10.2. The Morgan fingerprint density at radius 1 is 1.05 bits per heavy atom. The van der Waals surface area contributed by atoms with E-state index < -0.39 is 0 Å². The van der Waals surface area contributed by atoms with Crippen LogP contribution >= 0.6 is 0 Å². The van der Waals surface area contributed by atoms with Gasteiger partial charge >= 0.3 is 0 Å². The summed E-state index contributed by atoms with van der Waals surface area (Å²) in [6, 6.07) is 0. The largest absolute Gasteiger partial charge is 0.385 e. The van der Waals surface area contributed by atoms with E-state index in [1.165, 1.54) is 30.6 Å². The van der Waals surface area contributed by atoms with Gasteiger partial charge in [-0.3, -0.25) is 0 Å². The van der Waals surface area contributed by atoms with Gasteiger partial charge in [-0.05, 0) is 49.9 Å². The highest BCUT2D eigenvalue weighted by molar-refractivity contribution is 4.81. The van der Waals surface area contributed by atoms with Crippen molar-refractivity contribution < 1.29 is 14.7 Å². The summed E-state index contributed by atoms with van der Waals surface area (Å²) in [5.74, 6) is 0.825. The minimum Gasteiger partial charge on any atom is -0.385 e. The monoisotopic (exact) mass is 314 g/mol. The number of aliphatic hydroxyl groups is 1. The highest BCUT2D eigenvalue weighted by Crippen LogP contribution is 2.38. The Hall–Kier alpha value is -0.120. The molecule has 0 heterocycles. The third-order valence-electron chi connectivity index (χ3n) is 5.15. The predicted molar refractivity (Wildman–Crippen MR) is 93.3 cm³/mol. The van der Waals surface area contributed by atoms with E-state index >= 15 is 0 Å². The van der Waals surface area contributed by atoms with Gasteiger partial charge in [-0.25, -0.2) is 0 Å². The standard InChI is InChI=1S/C19H39NO2/c1-6-12-20(13-7-2)14-17(21)15-22-18-10-8-16(9-11-18)19(3,4)5/h16-18,21H,6-15H2,1-5H3/p+1/t16?,17-,18?/m0/s1. The summed E-state index contributed by atoms with van der Waals surface area (Å²) in [5, 5.41) is 10.2. The van der Waals surface area contributed by atoms with Gasteiger partial charge in [-0.15, -0.1) is 0 Å². The molecule has 0 unspecified atom stereocenters. The Morgan fingerprint density at radius 3 is 2.05 bits per heavy atom. The Labute approximate surface area is 138 Å². The normalized spacial score (nSPS) is 24.7. The molecular formula is C19H40NO2+. The summed E-state index contributed by atoms with van der Waals surface area (Å²) in [7, 11) is 0. The molecule has 0 amide bonds. The third kappa shape index (κ3) is 7.43. The summed E-state index contributed by atoms with van der Waals surface area (Å²) < 4.78 is 6.00. The Morgan fingerprint density at radius 2 is 1.59 bits per heavy atom. The van der Waals surface area contributed by atoms with Crippen molar-refractivity contribution in [2.75, 3.05) is 26.2 Å². The maximum absolute atomic E-state index is 10.2. The van der Waals surface area contributed by atoms with E-state index in [-0.39, 0.29) is 6.10 Å². The lowest BCUT2D eigenvalue weighted by Gasteiger charge is -2.37. The van der Waals surface area contributed by atoms with Gasteiger partial charge in [0.15, 0.2) is 0 Å². The molecule has 1 atom stereocenters. The number of quaternary nitrogens is 1. The average Bonchev–Trinajstić information content (AvgIpc) is 2.45. The zero-order chi connectivity index (χ0) is 16.6. The van der Waals surface area contributed by atoms with Crippen LogP contribution in [0.1, 0.15) is 73.1 Å². The van der Waals surface area contributed by atoms with Crippen molar-refractivity contribution in [1.29, 1.82) is 0 Å². The molecule has 0 saturated heterocycles. The zero-order valence-electron chi connectivity index (χ0n) is 15.7. The predicted octanol–water partition coefficient (Wildman–Crippen LogP) is 2.67. The van der Waals surface area contributed by atoms with E-state index in [0.717, 1.165) is 38.4 Å². The Bertz CT molecular complexity index is 274. The Kier molecular flexibility index (Phi) is 8.96. The summed E-state index contributed by atoms with van der Waals surface area (Å²) in [5.41, 5.74) is 0.425. The molecule has 1 aliphatic carbocycles. The van der Waals surface area contributed by atoms with Crippen molar-refractivity contribution in [3.05, 3.63) is 0 Å². The smallest absolute Gasteiger partial charge is 0.126 e. The lowest BCUT2D eigenvalue weighted by Crippen LogP contribution is -3.13. The summed E-state index contributed by atoms with van der Waals surface area (Å²) in [4.78, 5) is 1.51. The van der Waals surface area contributed by atoms with Crippen molar-refractivity contribution in [1.82, 2.24) is 0 Å². The van der Waals surface area contributed by atoms with Gasteiger partial charge in [-0.1, -0.05) is 34.6 Å². The van der Waals surface area contributed by atoms with Crippen LogP contribution in [-0.4, -0.2) is 43.6 Å². The van der Waals surface area contributed by atoms with Crippen LogP contribution in [0.15, 0.2) is 0 Å². The minimum atomic E-state index is -0.312. The highest BCUT2D eigenvalue weighted by atomic mass is 16.5. The molecule has 3 nitrogen and oxygen atoms in total. The van der Waals surface area contributed by atoms with Gasteiger partial charge in [0.05, 0.1) is 25.8 Å². The second kappa shape index (κ2) is 9.89. The first kappa shape index (κ1) is 19.9. The molecule has 0 radical (unpaired) electrons. The van der Waals surface area contributed by atoms with Crippen molar-refractivity contribution in [2.45, 2.75) is 85.4 Å². The van der Waals surface area contributed by atoms with Crippen LogP contribution in [0.3, 0.4) is 0 Å². The topological polar surface area (TPSA) is 33.9 Å². The molecule has 0 aromatic heterocycles. The van der Waals surface area contributed by atoms with Crippen LogP contribution in [0.2, 0.25) is 0 Å². The molecule has 0 aromatic carbocycles. The average molecular weight is 315 g/mol. The van der Waals surface area contributed by atoms with Gasteiger partial charge in [0.25, 0.3) is 0 Å². The van der Waals surface area contributed by atoms with Crippen molar-refractivity contribution in [3.63, 3.8) is 0 Å². The van der Waals surface area contributed by atoms with E-state index in [0.29, 0.717) is 18.1 Å². The van der Waals surface area contributed by atoms with E-state index in [4.69, 9.17) is 4.74 Å². The molecule has 1 rings (SSSR count). The molecule has 0 spiro atoms. The summed E-state index contributed by atoms with van der Waals surface area (Å²) in [6.45, 7) is 15.1. The second-order valence-corrected chi connectivity index (χ2v) is 8.28. The Balaban J connectivity index is 2.23. The van der Waals surface area contributed by atoms with Gasteiger partial charge in [-0.2, -0.15) is 0 Å². The molecule has 0 aromatic rings. The quantitative estimate of drug-likeness (QED) is 0.686. The van der Waals surface area contributed by atoms with Crippen LogP contribution in [-0.2, 0) is 4.74 Å². The van der Waals surface area contributed by atoms with Gasteiger partial charge in [0.1, 0.15) is 12.6 Å². The SMILES string of the molecule is CCC[NH+](CCC)C[C@H](O)COC1CCC(C(C)(C)C)CC1.